The van der Waals surface area contributed by atoms with Crippen molar-refractivity contribution in [3.05, 3.63) is 100 Å². The van der Waals surface area contributed by atoms with Crippen LogP contribution in [0.1, 0.15) is 17.0 Å². The second-order valence-corrected chi connectivity index (χ2v) is 9.32. The molecule has 180 valence electrons. The van der Waals surface area contributed by atoms with Crippen molar-refractivity contribution in [2.75, 3.05) is 11.1 Å². The Labute approximate surface area is 212 Å². The van der Waals surface area contributed by atoms with Crippen LogP contribution in [-0.2, 0) is 4.79 Å². The third-order valence-electron chi connectivity index (χ3n) is 5.76. The molecule has 0 fully saturated rings. The van der Waals surface area contributed by atoms with Gasteiger partial charge < -0.3 is 5.32 Å². The molecule has 0 bridgehead atoms. The molecule has 0 aliphatic heterocycles. The minimum Gasteiger partial charge on any atom is -0.322 e. The number of para-hydroxylation sites is 2. The van der Waals surface area contributed by atoms with Crippen molar-refractivity contribution in [3.63, 3.8) is 0 Å². The molecule has 3 aromatic heterocycles. The van der Waals surface area contributed by atoms with Crippen molar-refractivity contribution in [2.24, 2.45) is 0 Å². The SMILES string of the molecule is Cc1ccnc(-n2c(SCC(=O)Nc3c(C)nn(-c4ccccc4)c3C)nc3ccccc3c2=O)c1. The molecule has 36 heavy (non-hydrogen) atoms. The summed E-state index contributed by atoms with van der Waals surface area (Å²) in [6, 6.07) is 20.6. The van der Waals surface area contributed by atoms with Crippen LogP contribution in [0.3, 0.4) is 0 Å². The van der Waals surface area contributed by atoms with E-state index in [1.165, 1.54) is 16.3 Å². The van der Waals surface area contributed by atoms with E-state index in [4.69, 9.17) is 0 Å². The first-order chi connectivity index (χ1) is 17.4. The minimum absolute atomic E-state index is 0.0615. The van der Waals surface area contributed by atoms with Gasteiger partial charge in [0.15, 0.2) is 5.16 Å². The van der Waals surface area contributed by atoms with Gasteiger partial charge in [-0.3, -0.25) is 9.59 Å². The van der Waals surface area contributed by atoms with Crippen molar-refractivity contribution >= 4 is 34.3 Å². The summed E-state index contributed by atoms with van der Waals surface area (Å²) < 4.78 is 3.28. The maximum absolute atomic E-state index is 13.4. The van der Waals surface area contributed by atoms with Crippen LogP contribution in [0.2, 0.25) is 0 Å². The number of hydrogen-bond acceptors (Lipinski definition) is 6. The molecule has 0 unspecified atom stereocenters. The number of anilines is 1. The molecule has 5 aromatic rings. The number of thioether (sulfide) groups is 1. The van der Waals surface area contributed by atoms with Crippen LogP contribution in [0.4, 0.5) is 5.69 Å². The Morgan fingerprint density at radius 2 is 1.75 bits per heavy atom. The van der Waals surface area contributed by atoms with Gasteiger partial charge in [-0.05, 0) is 62.7 Å². The number of benzene rings is 2. The Balaban J connectivity index is 1.43. The molecular formula is C27H24N6O2S. The number of fused-ring (bicyclic) bond motifs is 1. The van der Waals surface area contributed by atoms with Crippen molar-refractivity contribution in [3.8, 4) is 11.5 Å². The van der Waals surface area contributed by atoms with E-state index in [-0.39, 0.29) is 17.2 Å². The molecule has 0 radical (unpaired) electrons. The standard InChI is InChI=1S/C27H24N6O2S/c1-17-13-14-28-23(15-17)32-26(35)21-11-7-8-12-22(21)29-27(32)36-16-24(34)30-25-18(2)31-33(19(25)3)20-9-5-4-6-10-20/h4-15H,16H2,1-3H3,(H,30,34). The van der Waals surface area contributed by atoms with Gasteiger partial charge in [0.1, 0.15) is 5.82 Å². The first kappa shape index (κ1) is 23.5. The summed E-state index contributed by atoms with van der Waals surface area (Å²) in [6.45, 7) is 5.72. The Hall–Kier alpha value is -4.24. The van der Waals surface area contributed by atoms with Crippen LogP contribution in [0, 0.1) is 20.8 Å². The minimum atomic E-state index is -0.225. The number of aryl methyl sites for hydroxylation is 2. The molecule has 0 atom stereocenters. The summed E-state index contributed by atoms with van der Waals surface area (Å²) >= 11 is 1.19. The fourth-order valence-corrected chi connectivity index (χ4v) is 4.80. The number of carbonyl (C=O) groups excluding carboxylic acids is 1. The maximum Gasteiger partial charge on any atom is 0.267 e. The largest absolute Gasteiger partial charge is 0.322 e. The lowest BCUT2D eigenvalue weighted by atomic mass is 10.2. The molecule has 0 saturated heterocycles. The third-order valence-corrected chi connectivity index (χ3v) is 6.70. The fraction of sp³-hybridized carbons (Fsp3) is 0.148. The van der Waals surface area contributed by atoms with Crippen molar-refractivity contribution in [1.82, 2.24) is 24.3 Å². The number of rotatable bonds is 6. The van der Waals surface area contributed by atoms with Crippen LogP contribution >= 0.6 is 11.8 Å². The molecule has 0 aliphatic rings. The highest BCUT2D eigenvalue weighted by Crippen LogP contribution is 2.25. The van der Waals surface area contributed by atoms with Crippen LogP contribution in [0.15, 0.2) is 82.9 Å². The van der Waals surface area contributed by atoms with E-state index in [1.54, 1.807) is 24.4 Å². The van der Waals surface area contributed by atoms with E-state index in [9.17, 15) is 9.59 Å². The lowest BCUT2D eigenvalue weighted by Crippen LogP contribution is -2.23. The predicted octanol–water partition coefficient (Wildman–Crippen LogP) is 4.62. The van der Waals surface area contributed by atoms with Gasteiger partial charge in [-0.25, -0.2) is 19.2 Å². The summed E-state index contributed by atoms with van der Waals surface area (Å²) in [5.74, 6) is 0.313. The van der Waals surface area contributed by atoms with Crippen molar-refractivity contribution in [2.45, 2.75) is 25.9 Å². The molecule has 1 amide bonds. The topological polar surface area (TPSA) is 94.7 Å². The first-order valence-corrected chi connectivity index (χ1v) is 12.4. The Kier molecular flexibility index (Phi) is 6.39. The highest BCUT2D eigenvalue weighted by molar-refractivity contribution is 7.99. The Morgan fingerprint density at radius 1 is 1.00 bits per heavy atom. The summed E-state index contributed by atoms with van der Waals surface area (Å²) in [5, 5.41) is 8.47. The number of carbonyl (C=O) groups is 1. The molecule has 8 nitrogen and oxygen atoms in total. The van der Waals surface area contributed by atoms with Crippen molar-refractivity contribution < 1.29 is 4.79 Å². The maximum atomic E-state index is 13.4. The normalized spacial score (nSPS) is 11.1. The zero-order valence-corrected chi connectivity index (χ0v) is 20.9. The van der Waals surface area contributed by atoms with Gasteiger partial charge in [0.25, 0.3) is 5.56 Å². The van der Waals surface area contributed by atoms with E-state index >= 15 is 0 Å². The summed E-state index contributed by atoms with van der Waals surface area (Å²) in [7, 11) is 0. The highest BCUT2D eigenvalue weighted by Gasteiger charge is 2.18. The zero-order valence-electron chi connectivity index (χ0n) is 20.1. The van der Waals surface area contributed by atoms with Gasteiger partial charge in [0, 0.05) is 6.20 Å². The number of pyridine rings is 1. The number of aromatic nitrogens is 5. The van der Waals surface area contributed by atoms with Gasteiger partial charge in [0.2, 0.25) is 5.91 Å². The average Bonchev–Trinajstić information content (AvgIpc) is 3.16. The smallest absolute Gasteiger partial charge is 0.267 e. The molecule has 0 aliphatic carbocycles. The Morgan fingerprint density at radius 3 is 2.53 bits per heavy atom. The van der Waals surface area contributed by atoms with Gasteiger partial charge in [0.05, 0.1) is 39.4 Å². The van der Waals surface area contributed by atoms with E-state index in [0.717, 1.165) is 22.6 Å². The summed E-state index contributed by atoms with van der Waals surface area (Å²) in [5.41, 5.74) is 4.47. The molecule has 5 rings (SSSR count). The number of nitrogens with one attached hydrogen (secondary N) is 1. The number of nitrogens with zero attached hydrogens (tertiary/aromatic N) is 5. The first-order valence-electron chi connectivity index (χ1n) is 11.4. The van der Waals surface area contributed by atoms with Gasteiger partial charge in [-0.2, -0.15) is 5.10 Å². The van der Waals surface area contributed by atoms with E-state index in [0.29, 0.717) is 27.6 Å². The Bertz CT molecular complexity index is 1640. The van der Waals surface area contributed by atoms with E-state index in [2.05, 4.69) is 20.4 Å². The van der Waals surface area contributed by atoms with Crippen molar-refractivity contribution in [1.29, 1.82) is 0 Å². The molecule has 3 heterocycles. The molecule has 1 N–H and O–H groups in total. The second kappa shape index (κ2) is 9.79. The van der Waals surface area contributed by atoms with Crippen LogP contribution in [0.25, 0.3) is 22.4 Å². The zero-order chi connectivity index (χ0) is 25.2. The predicted molar refractivity (Wildman–Crippen MR) is 142 cm³/mol. The summed E-state index contributed by atoms with van der Waals surface area (Å²) in [4.78, 5) is 35.4. The van der Waals surface area contributed by atoms with Crippen LogP contribution in [0.5, 0.6) is 0 Å². The van der Waals surface area contributed by atoms with E-state index in [1.807, 2.05) is 74.0 Å². The third kappa shape index (κ3) is 4.52. The van der Waals surface area contributed by atoms with Crippen LogP contribution in [-0.4, -0.2) is 36.0 Å². The lowest BCUT2D eigenvalue weighted by Gasteiger charge is -2.13. The van der Waals surface area contributed by atoms with Crippen LogP contribution < -0.4 is 10.9 Å². The quantitative estimate of drug-likeness (QED) is 0.272. The molecule has 2 aromatic carbocycles. The molecule has 9 heteroatoms. The van der Waals surface area contributed by atoms with E-state index < -0.39 is 0 Å². The molecular weight excluding hydrogens is 472 g/mol. The number of hydrogen-bond donors (Lipinski definition) is 1. The lowest BCUT2D eigenvalue weighted by molar-refractivity contribution is -0.113. The molecule has 0 spiro atoms. The van der Waals surface area contributed by atoms with Gasteiger partial charge in [-0.15, -0.1) is 0 Å². The summed E-state index contributed by atoms with van der Waals surface area (Å²) in [6.07, 6.45) is 1.66. The van der Waals surface area contributed by atoms with Gasteiger partial charge in [-0.1, -0.05) is 42.1 Å². The van der Waals surface area contributed by atoms with Gasteiger partial charge >= 0.3 is 0 Å². The highest BCUT2D eigenvalue weighted by atomic mass is 32.2. The number of amides is 1. The fourth-order valence-electron chi connectivity index (χ4n) is 4.00. The molecule has 0 saturated carbocycles. The second-order valence-electron chi connectivity index (χ2n) is 8.37. The average molecular weight is 497 g/mol. The monoisotopic (exact) mass is 496 g/mol.